The summed E-state index contributed by atoms with van der Waals surface area (Å²) >= 11 is 0. The van der Waals surface area contributed by atoms with Crippen molar-refractivity contribution in [2.75, 3.05) is 0 Å². The van der Waals surface area contributed by atoms with Gasteiger partial charge in [0.2, 0.25) is 0 Å². The topological polar surface area (TPSA) is 63.3 Å². The SMILES string of the molecule is CC(N)c1ccccc1.CCCCCCCCCCCCCCCCCC(=O)O. The molecule has 0 aliphatic rings. The molecule has 3 heteroatoms. The predicted octanol–water partition coefficient (Wildman–Crippen LogP) is 8.04. The number of nitrogens with two attached hydrogens (primary N) is 1. The maximum absolute atomic E-state index is 10.3. The van der Waals surface area contributed by atoms with Gasteiger partial charge in [-0.2, -0.15) is 0 Å². The molecule has 29 heavy (non-hydrogen) atoms. The molecule has 1 atom stereocenters. The van der Waals surface area contributed by atoms with E-state index in [0.29, 0.717) is 6.42 Å². The first kappa shape index (κ1) is 27.6. The van der Waals surface area contributed by atoms with Crippen LogP contribution >= 0.6 is 0 Å². The van der Waals surface area contributed by atoms with Crippen LogP contribution in [0.4, 0.5) is 0 Å². The van der Waals surface area contributed by atoms with Gasteiger partial charge in [-0.1, -0.05) is 127 Å². The molecule has 0 heterocycles. The van der Waals surface area contributed by atoms with Gasteiger partial charge in [0.05, 0.1) is 0 Å². The van der Waals surface area contributed by atoms with E-state index >= 15 is 0 Å². The van der Waals surface area contributed by atoms with E-state index in [9.17, 15) is 4.79 Å². The summed E-state index contributed by atoms with van der Waals surface area (Å²) < 4.78 is 0. The lowest BCUT2D eigenvalue weighted by Gasteiger charge is -2.03. The molecule has 3 nitrogen and oxygen atoms in total. The third-order valence-electron chi connectivity index (χ3n) is 5.32. The molecule has 0 bridgehead atoms. The molecule has 0 radical (unpaired) electrons. The third-order valence-corrected chi connectivity index (χ3v) is 5.32. The average Bonchev–Trinajstić information content (AvgIpc) is 2.72. The first-order valence-corrected chi connectivity index (χ1v) is 12.1. The second kappa shape index (κ2) is 21.4. The van der Waals surface area contributed by atoms with E-state index in [1.54, 1.807) is 0 Å². The molecule has 0 saturated heterocycles. The van der Waals surface area contributed by atoms with Crippen molar-refractivity contribution in [1.82, 2.24) is 0 Å². The lowest BCUT2D eigenvalue weighted by Crippen LogP contribution is -2.03. The van der Waals surface area contributed by atoms with Crippen LogP contribution in [0.2, 0.25) is 0 Å². The highest BCUT2D eigenvalue weighted by Crippen LogP contribution is 2.13. The van der Waals surface area contributed by atoms with Crippen LogP contribution in [0.25, 0.3) is 0 Å². The van der Waals surface area contributed by atoms with Gasteiger partial charge in [-0.15, -0.1) is 0 Å². The molecule has 0 aliphatic carbocycles. The molecule has 0 aliphatic heterocycles. The Hall–Kier alpha value is -1.35. The number of unbranched alkanes of at least 4 members (excludes halogenated alkanes) is 14. The Bertz CT molecular complexity index is 459. The predicted molar refractivity (Wildman–Crippen MR) is 126 cm³/mol. The van der Waals surface area contributed by atoms with Gasteiger partial charge < -0.3 is 10.8 Å². The zero-order valence-corrected chi connectivity index (χ0v) is 19.2. The maximum Gasteiger partial charge on any atom is 0.303 e. The van der Waals surface area contributed by atoms with Crippen molar-refractivity contribution < 1.29 is 9.90 Å². The van der Waals surface area contributed by atoms with E-state index in [4.69, 9.17) is 10.8 Å². The van der Waals surface area contributed by atoms with Crippen molar-refractivity contribution in [3.63, 3.8) is 0 Å². The molecule has 0 aromatic heterocycles. The number of hydrogen-bond donors (Lipinski definition) is 2. The average molecular weight is 406 g/mol. The summed E-state index contributed by atoms with van der Waals surface area (Å²) in [7, 11) is 0. The van der Waals surface area contributed by atoms with Gasteiger partial charge in [0.25, 0.3) is 0 Å². The van der Waals surface area contributed by atoms with Crippen molar-refractivity contribution in [3.8, 4) is 0 Å². The number of carboxylic acid groups (broad SMARTS) is 1. The van der Waals surface area contributed by atoms with Gasteiger partial charge in [-0.3, -0.25) is 4.79 Å². The summed E-state index contributed by atoms with van der Waals surface area (Å²) in [5.74, 6) is -0.653. The smallest absolute Gasteiger partial charge is 0.303 e. The quantitative estimate of drug-likeness (QED) is 0.258. The molecule has 3 N–H and O–H groups in total. The highest BCUT2D eigenvalue weighted by Gasteiger charge is 1.97. The molecule has 0 fully saturated rings. The Balaban J connectivity index is 0.000000717. The fraction of sp³-hybridized carbons (Fsp3) is 0.731. The lowest BCUT2D eigenvalue weighted by atomic mass is 10.0. The van der Waals surface area contributed by atoms with Crippen molar-refractivity contribution in [3.05, 3.63) is 35.9 Å². The van der Waals surface area contributed by atoms with Crippen LogP contribution in [0.1, 0.15) is 128 Å². The summed E-state index contributed by atoms with van der Waals surface area (Å²) in [6.45, 7) is 4.25. The summed E-state index contributed by atoms with van der Waals surface area (Å²) in [5, 5.41) is 8.52. The van der Waals surface area contributed by atoms with Gasteiger partial charge in [0, 0.05) is 12.5 Å². The van der Waals surface area contributed by atoms with E-state index in [1.165, 1.54) is 89.0 Å². The molecule has 1 unspecified atom stereocenters. The molecular formula is C26H47NO2. The number of carboxylic acids is 1. The van der Waals surface area contributed by atoms with Crippen LogP contribution in [0, 0.1) is 0 Å². The van der Waals surface area contributed by atoms with Gasteiger partial charge in [0.15, 0.2) is 0 Å². The number of benzene rings is 1. The summed E-state index contributed by atoms with van der Waals surface area (Å²) in [5.41, 5.74) is 6.81. The van der Waals surface area contributed by atoms with Crippen LogP contribution in [0.15, 0.2) is 30.3 Å². The fourth-order valence-electron chi connectivity index (χ4n) is 3.40. The van der Waals surface area contributed by atoms with Crippen LogP contribution in [-0.2, 0) is 4.79 Å². The standard InChI is InChI=1S/C18H36O2.C8H11N/c1-2-3-4-5-6-7-8-9-10-11-12-13-14-15-16-17-18(19)20;1-7(9)8-5-3-2-4-6-8/h2-17H2,1H3,(H,19,20);2-7H,9H2,1H3. The second-order valence-electron chi connectivity index (χ2n) is 8.29. The monoisotopic (exact) mass is 405 g/mol. The summed E-state index contributed by atoms with van der Waals surface area (Å²) in [6.07, 6.45) is 20.2. The molecular weight excluding hydrogens is 358 g/mol. The van der Waals surface area contributed by atoms with Crippen molar-refractivity contribution >= 4 is 5.97 Å². The number of carbonyl (C=O) groups is 1. The first-order valence-electron chi connectivity index (χ1n) is 12.1. The second-order valence-corrected chi connectivity index (χ2v) is 8.29. The normalized spacial score (nSPS) is 11.6. The molecule has 168 valence electrons. The molecule has 1 rings (SSSR count). The highest BCUT2D eigenvalue weighted by molar-refractivity contribution is 5.66. The number of aliphatic carboxylic acids is 1. The maximum atomic E-state index is 10.3. The van der Waals surface area contributed by atoms with E-state index in [0.717, 1.165) is 12.8 Å². The molecule has 1 aromatic carbocycles. The number of hydrogen-bond acceptors (Lipinski definition) is 2. The van der Waals surface area contributed by atoms with E-state index < -0.39 is 5.97 Å². The Morgan fingerprint density at radius 1 is 0.759 bits per heavy atom. The molecule has 1 aromatic rings. The van der Waals surface area contributed by atoms with Crippen LogP contribution < -0.4 is 5.73 Å². The van der Waals surface area contributed by atoms with Gasteiger partial charge >= 0.3 is 5.97 Å². The molecule has 0 amide bonds. The molecule has 0 saturated carbocycles. The Morgan fingerprint density at radius 2 is 1.14 bits per heavy atom. The zero-order valence-electron chi connectivity index (χ0n) is 19.2. The van der Waals surface area contributed by atoms with Crippen LogP contribution in [0.5, 0.6) is 0 Å². The Morgan fingerprint density at radius 3 is 1.45 bits per heavy atom. The largest absolute Gasteiger partial charge is 0.481 e. The summed E-state index contributed by atoms with van der Waals surface area (Å²) in [4.78, 5) is 10.3. The Labute approximate surface area is 180 Å². The molecule has 0 spiro atoms. The van der Waals surface area contributed by atoms with E-state index in [-0.39, 0.29) is 6.04 Å². The minimum absolute atomic E-state index is 0.159. The van der Waals surface area contributed by atoms with Crippen molar-refractivity contribution in [2.24, 2.45) is 5.73 Å². The van der Waals surface area contributed by atoms with Gasteiger partial charge in [0.1, 0.15) is 0 Å². The summed E-state index contributed by atoms with van der Waals surface area (Å²) in [6, 6.07) is 10.2. The van der Waals surface area contributed by atoms with Gasteiger partial charge in [-0.25, -0.2) is 0 Å². The third kappa shape index (κ3) is 21.2. The van der Waals surface area contributed by atoms with E-state index in [1.807, 2.05) is 37.3 Å². The Kier molecular flexibility index (Phi) is 20.4. The first-order chi connectivity index (χ1) is 14.1. The number of rotatable bonds is 17. The van der Waals surface area contributed by atoms with Crippen LogP contribution in [0.3, 0.4) is 0 Å². The van der Waals surface area contributed by atoms with E-state index in [2.05, 4.69) is 6.92 Å². The van der Waals surface area contributed by atoms with Gasteiger partial charge in [-0.05, 0) is 18.9 Å². The zero-order chi connectivity index (χ0) is 21.6. The highest BCUT2D eigenvalue weighted by atomic mass is 16.4. The van der Waals surface area contributed by atoms with Crippen molar-refractivity contribution in [1.29, 1.82) is 0 Å². The lowest BCUT2D eigenvalue weighted by molar-refractivity contribution is -0.137. The van der Waals surface area contributed by atoms with Crippen molar-refractivity contribution in [2.45, 2.75) is 123 Å². The minimum Gasteiger partial charge on any atom is -0.481 e. The minimum atomic E-state index is -0.653. The fourth-order valence-corrected chi connectivity index (χ4v) is 3.40. The van der Waals surface area contributed by atoms with Crippen LogP contribution in [-0.4, -0.2) is 11.1 Å².